The largest absolute Gasteiger partial charge is 0.507 e. The van der Waals surface area contributed by atoms with Crippen LogP contribution in [-0.2, 0) is 0 Å². The summed E-state index contributed by atoms with van der Waals surface area (Å²) in [6.45, 7) is 0. The van der Waals surface area contributed by atoms with Crippen molar-refractivity contribution >= 4 is 22.6 Å². The molecule has 0 spiro atoms. The number of primary amides is 1. The van der Waals surface area contributed by atoms with E-state index in [0.717, 1.165) is 0 Å². The van der Waals surface area contributed by atoms with Gasteiger partial charge in [-0.15, -0.1) is 0 Å². The van der Waals surface area contributed by atoms with Crippen molar-refractivity contribution in [2.45, 2.75) is 0 Å². The van der Waals surface area contributed by atoms with E-state index in [1.165, 1.54) is 25.3 Å². The first-order valence-corrected chi connectivity index (χ1v) is 7.40. The third-order valence-corrected chi connectivity index (χ3v) is 4.00. The lowest BCUT2D eigenvalue weighted by Gasteiger charge is -2.14. The van der Waals surface area contributed by atoms with Gasteiger partial charge in [-0.2, -0.15) is 0 Å². The quantitative estimate of drug-likeness (QED) is 0.678. The average Bonchev–Trinajstić information content (AvgIpc) is 2.59. The molecule has 0 aliphatic rings. The minimum atomic E-state index is -1.25. The summed E-state index contributed by atoms with van der Waals surface area (Å²) in [7, 11) is 1.39. The highest BCUT2D eigenvalue weighted by atomic mass is 16.5. The Morgan fingerprint density at radius 2 is 1.80 bits per heavy atom. The van der Waals surface area contributed by atoms with Crippen LogP contribution in [0.1, 0.15) is 20.7 Å². The topological polar surface area (TPSA) is 110 Å². The third-order valence-electron chi connectivity index (χ3n) is 4.00. The summed E-state index contributed by atoms with van der Waals surface area (Å²) in [5, 5.41) is 21.1. The molecule has 0 unspecified atom stereocenters. The number of nitrogens with two attached hydrogens (primary N) is 1. The summed E-state index contributed by atoms with van der Waals surface area (Å²) in [6.07, 6.45) is 0. The Morgan fingerprint density at radius 3 is 2.44 bits per heavy atom. The molecule has 3 rings (SSSR count). The van der Waals surface area contributed by atoms with Gasteiger partial charge in [-0.05, 0) is 34.5 Å². The highest BCUT2D eigenvalue weighted by molar-refractivity contribution is 6.10. The van der Waals surface area contributed by atoms with Crippen molar-refractivity contribution in [3.63, 3.8) is 0 Å². The van der Waals surface area contributed by atoms with E-state index in [9.17, 15) is 19.8 Å². The maximum absolute atomic E-state index is 11.7. The van der Waals surface area contributed by atoms with Gasteiger partial charge in [0.15, 0.2) is 0 Å². The molecule has 0 saturated carbocycles. The first kappa shape index (κ1) is 16.3. The molecular weight excluding hydrogens is 322 g/mol. The molecule has 0 fully saturated rings. The molecule has 0 bridgehead atoms. The number of fused-ring (bicyclic) bond motifs is 1. The van der Waals surface area contributed by atoms with Gasteiger partial charge in [0, 0.05) is 5.56 Å². The van der Waals surface area contributed by atoms with Crippen molar-refractivity contribution in [3.8, 4) is 22.6 Å². The first-order valence-electron chi connectivity index (χ1n) is 7.40. The van der Waals surface area contributed by atoms with Crippen molar-refractivity contribution in [3.05, 3.63) is 59.7 Å². The Labute approximate surface area is 143 Å². The maximum Gasteiger partial charge on any atom is 0.340 e. The van der Waals surface area contributed by atoms with Crippen molar-refractivity contribution in [1.82, 2.24) is 0 Å². The lowest BCUT2D eigenvalue weighted by Crippen LogP contribution is -2.12. The van der Waals surface area contributed by atoms with Crippen LogP contribution in [0, 0.1) is 0 Å². The zero-order valence-electron chi connectivity index (χ0n) is 13.3. The number of amides is 1. The van der Waals surface area contributed by atoms with Gasteiger partial charge < -0.3 is 20.7 Å². The monoisotopic (exact) mass is 337 g/mol. The Kier molecular flexibility index (Phi) is 4.02. The van der Waals surface area contributed by atoms with Crippen molar-refractivity contribution in [2.75, 3.05) is 7.11 Å². The highest BCUT2D eigenvalue weighted by Gasteiger charge is 2.21. The van der Waals surface area contributed by atoms with E-state index in [4.69, 9.17) is 10.5 Å². The molecule has 0 aromatic heterocycles. The van der Waals surface area contributed by atoms with E-state index in [-0.39, 0.29) is 22.6 Å². The van der Waals surface area contributed by atoms with Gasteiger partial charge in [0.25, 0.3) is 5.91 Å². The summed E-state index contributed by atoms with van der Waals surface area (Å²) in [4.78, 5) is 23.2. The number of rotatable bonds is 4. The van der Waals surface area contributed by atoms with Gasteiger partial charge >= 0.3 is 5.97 Å². The number of aromatic carboxylic acids is 1. The number of carbonyl (C=O) groups excluding carboxylic acids is 1. The van der Waals surface area contributed by atoms with E-state index in [0.29, 0.717) is 21.9 Å². The van der Waals surface area contributed by atoms with Crippen LogP contribution in [0.4, 0.5) is 0 Å². The average molecular weight is 337 g/mol. The van der Waals surface area contributed by atoms with Crippen molar-refractivity contribution in [1.29, 1.82) is 0 Å². The normalized spacial score (nSPS) is 10.6. The fourth-order valence-electron chi connectivity index (χ4n) is 2.90. The molecule has 0 radical (unpaired) electrons. The smallest absolute Gasteiger partial charge is 0.340 e. The number of phenols is 1. The second-order valence-electron chi connectivity index (χ2n) is 5.45. The number of carboxylic acid groups (broad SMARTS) is 1. The van der Waals surface area contributed by atoms with Gasteiger partial charge in [0.05, 0.1) is 12.7 Å². The number of methoxy groups -OCH3 is 1. The van der Waals surface area contributed by atoms with Crippen LogP contribution >= 0.6 is 0 Å². The maximum atomic E-state index is 11.7. The van der Waals surface area contributed by atoms with Crippen LogP contribution in [0.5, 0.6) is 11.5 Å². The van der Waals surface area contributed by atoms with E-state index in [1.54, 1.807) is 30.3 Å². The fraction of sp³-hybridized carbons (Fsp3) is 0.0526. The first-order chi connectivity index (χ1) is 11.9. The van der Waals surface area contributed by atoms with Gasteiger partial charge in [-0.25, -0.2) is 4.79 Å². The molecule has 3 aromatic rings. The second kappa shape index (κ2) is 6.16. The number of hydrogen-bond acceptors (Lipinski definition) is 4. The zero-order valence-corrected chi connectivity index (χ0v) is 13.3. The zero-order chi connectivity index (χ0) is 18.1. The van der Waals surface area contributed by atoms with Gasteiger partial charge in [0.2, 0.25) is 0 Å². The Morgan fingerprint density at radius 1 is 1.08 bits per heavy atom. The standard InChI is InChI=1S/C19H15NO5/c1-25-15-9-11(6-7-13(15)18(20)22)16-12-5-3-2-4-10(12)8-14(21)17(16)19(23)24/h2-9,21H,1H3,(H2,20,22)(H,23,24). The third kappa shape index (κ3) is 2.74. The number of carboxylic acids is 1. The highest BCUT2D eigenvalue weighted by Crippen LogP contribution is 2.39. The van der Waals surface area contributed by atoms with E-state index < -0.39 is 11.9 Å². The molecule has 25 heavy (non-hydrogen) atoms. The molecule has 0 atom stereocenters. The summed E-state index contributed by atoms with van der Waals surface area (Å²) in [6, 6.07) is 13.1. The SMILES string of the molecule is COc1cc(-c2c(C(=O)O)c(O)cc3ccccc23)ccc1C(N)=O. The second-order valence-corrected chi connectivity index (χ2v) is 5.45. The Balaban J connectivity index is 2.40. The lowest BCUT2D eigenvalue weighted by molar-refractivity contribution is 0.0694. The molecule has 0 aliphatic carbocycles. The summed E-state index contributed by atoms with van der Waals surface area (Å²) in [5.74, 6) is -2.01. The fourth-order valence-corrected chi connectivity index (χ4v) is 2.90. The number of ether oxygens (including phenoxy) is 1. The van der Waals surface area contributed by atoms with Gasteiger partial charge in [-0.3, -0.25) is 4.79 Å². The summed E-state index contributed by atoms with van der Waals surface area (Å²) >= 11 is 0. The molecule has 0 aliphatic heterocycles. The minimum Gasteiger partial charge on any atom is -0.507 e. The summed E-state index contributed by atoms with van der Waals surface area (Å²) in [5.41, 5.74) is 6.13. The molecule has 126 valence electrons. The van der Waals surface area contributed by atoms with Crippen LogP contribution < -0.4 is 10.5 Å². The van der Waals surface area contributed by atoms with Crippen molar-refractivity contribution < 1.29 is 24.5 Å². The number of aromatic hydroxyl groups is 1. The minimum absolute atomic E-state index is 0.188. The molecule has 6 heteroatoms. The van der Waals surface area contributed by atoms with Crippen LogP contribution in [0.2, 0.25) is 0 Å². The number of carbonyl (C=O) groups is 2. The van der Waals surface area contributed by atoms with Crippen LogP contribution in [0.25, 0.3) is 21.9 Å². The van der Waals surface area contributed by atoms with Crippen molar-refractivity contribution in [2.24, 2.45) is 5.73 Å². The number of benzene rings is 3. The Bertz CT molecular complexity index is 1010. The van der Waals surface area contributed by atoms with Crippen LogP contribution in [-0.4, -0.2) is 29.2 Å². The lowest BCUT2D eigenvalue weighted by atomic mass is 9.91. The molecular formula is C19H15NO5. The Hall–Kier alpha value is -3.54. The van der Waals surface area contributed by atoms with Gasteiger partial charge in [0.1, 0.15) is 17.1 Å². The molecule has 0 saturated heterocycles. The molecule has 3 aromatic carbocycles. The predicted octanol–water partition coefficient (Wildman–Crippen LogP) is 3.02. The van der Waals surface area contributed by atoms with E-state index in [1.807, 2.05) is 0 Å². The molecule has 0 heterocycles. The molecule has 4 N–H and O–H groups in total. The van der Waals surface area contributed by atoms with Gasteiger partial charge in [-0.1, -0.05) is 30.3 Å². The summed E-state index contributed by atoms with van der Waals surface area (Å²) < 4.78 is 5.20. The van der Waals surface area contributed by atoms with E-state index >= 15 is 0 Å². The number of hydrogen-bond donors (Lipinski definition) is 3. The predicted molar refractivity (Wildman–Crippen MR) is 93.1 cm³/mol. The van der Waals surface area contributed by atoms with E-state index in [2.05, 4.69) is 0 Å². The molecule has 1 amide bonds. The van der Waals surface area contributed by atoms with Crippen LogP contribution in [0.3, 0.4) is 0 Å². The molecule has 6 nitrogen and oxygen atoms in total. The van der Waals surface area contributed by atoms with Crippen LogP contribution in [0.15, 0.2) is 48.5 Å².